The summed E-state index contributed by atoms with van der Waals surface area (Å²) < 4.78 is 5.46. The van der Waals surface area contributed by atoms with Crippen LogP contribution in [0.15, 0.2) is 11.8 Å². The fourth-order valence-electron chi connectivity index (χ4n) is 2.75. The summed E-state index contributed by atoms with van der Waals surface area (Å²) in [4.78, 5) is 12.3. The van der Waals surface area contributed by atoms with Crippen molar-refractivity contribution < 1.29 is 9.53 Å². The molecule has 1 saturated carbocycles. The number of ether oxygens (including phenoxy) is 1. The molecule has 2 atom stereocenters. The van der Waals surface area contributed by atoms with Gasteiger partial charge < -0.3 is 10.5 Å². The van der Waals surface area contributed by atoms with E-state index in [1.807, 2.05) is 6.08 Å². The largest absolute Gasteiger partial charge is 0.490 e. The highest BCUT2D eigenvalue weighted by Crippen LogP contribution is 2.32. The molecule has 0 aromatic heterocycles. The molecule has 0 radical (unpaired) electrons. The summed E-state index contributed by atoms with van der Waals surface area (Å²) in [6.45, 7) is 1.32. The minimum atomic E-state index is 0.114. The first-order valence-electron chi connectivity index (χ1n) is 6.40. The number of nitrogens with two attached hydrogens (primary N) is 1. The van der Waals surface area contributed by atoms with E-state index in [0.29, 0.717) is 24.8 Å². The number of carbonyl (C=O) groups is 1. The van der Waals surface area contributed by atoms with Crippen molar-refractivity contribution in [3.8, 4) is 0 Å². The maximum absolute atomic E-state index is 12.3. The lowest BCUT2D eigenvalue weighted by Crippen LogP contribution is -2.34. The van der Waals surface area contributed by atoms with Crippen molar-refractivity contribution in [1.82, 2.24) is 0 Å². The van der Waals surface area contributed by atoms with Crippen LogP contribution >= 0.6 is 0 Å². The third-order valence-corrected chi connectivity index (χ3v) is 3.73. The zero-order valence-corrected chi connectivity index (χ0v) is 9.78. The van der Waals surface area contributed by atoms with Gasteiger partial charge in [-0.25, -0.2) is 0 Å². The SMILES string of the molecule is NCC1CCCCC1C(=O)C1=CCCCO1. The van der Waals surface area contributed by atoms with Crippen molar-refractivity contribution in [3.63, 3.8) is 0 Å². The quantitative estimate of drug-likeness (QED) is 0.796. The fraction of sp³-hybridized carbons (Fsp3) is 0.769. The van der Waals surface area contributed by atoms with E-state index >= 15 is 0 Å². The summed E-state index contributed by atoms with van der Waals surface area (Å²) in [5.74, 6) is 1.29. The summed E-state index contributed by atoms with van der Waals surface area (Å²) in [6.07, 6.45) is 8.41. The lowest BCUT2D eigenvalue weighted by molar-refractivity contribution is -0.125. The smallest absolute Gasteiger partial charge is 0.200 e. The molecule has 3 heteroatoms. The molecule has 0 spiro atoms. The molecule has 3 nitrogen and oxygen atoms in total. The molecule has 1 aliphatic carbocycles. The molecule has 2 aliphatic rings. The normalized spacial score (nSPS) is 30.4. The highest BCUT2D eigenvalue weighted by Gasteiger charge is 2.32. The molecule has 2 unspecified atom stereocenters. The van der Waals surface area contributed by atoms with E-state index in [2.05, 4.69) is 0 Å². The molecule has 1 aliphatic heterocycles. The van der Waals surface area contributed by atoms with Crippen molar-refractivity contribution in [3.05, 3.63) is 11.8 Å². The van der Waals surface area contributed by atoms with Crippen LogP contribution in [0.1, 0.15) is 38.5 Å². The van der Waals surface area contributed by atoms with Crippen LogP contribution in [0.25, 0.3) is 0 Å². The molecule has 0 bridgehead atoms. The number of rotatable bonds is 3. The average Bonchev–Trinajstić information content (AvgIpc) is 2.39. The van der Waals surface area contributed by atoms with Gasteiger partial charge in [-0.2, -0.15) is 0 Å². The summed E-state index contributed by atoms with van der Waals surface area (Å²) in [7, 11) is 0. The van der Waals surface area contributed by atoms with Gasteiger partial charge in [0.25, 0.3) is 0 Å². The van der Waals surface area contributed by atoms with E-state index in [4.69, 9.17) is 10.5 Å². The minimum Gasteiger partial charge on any atom is -0.490 e. The first-order chi connectivity index (χ1) is 7.83. The lowest BCUT2D eigenvalue weighted by atomic mass is 9.76. The van der Waals surface area contributed by atoms with Gasteiger partial charge in [0.2, 0.25) is 0 Å². The van der Waals surface area contributed by atoms with Crippen LogP contribution < -0.4 is 5.73 Å². The van der Waals surface area contributed by atoms with Crippen molar-refractivity contribution >= 4 is 5.78 Å². The van der Waals surface area contributed by atoms with Gasteiger partial charge in [0, 0.05) is 5.92 Å². The molecular formula is C13H21NO2. The third-order valence-electron chi connectivity index (χ3n) is 3.73. The Kier molecular flexibility index (Phi) is 3.99. The van der Waals surface area contributed by atoms with Crippen molar-refractivity contribution in [2.75, 3.05) is 13.2 Å². The standard InChI is InChI=1S/C13H21NO2/c14-9-10-5-1-2-6-11(10)13(15)12-7-3-4-8-16-12/h7,10-11H,1-6,8-9,14H2. The molecule has 0 saturated heterocycles. The second kappa shape index (κ2) is 5.48. The molecule has 1 heterocycles. The molecule has 0 aromatic rings. The number of carbonyl (C=O) groups excluding carboxylic acids is 1. The van der Waals surface area contributed by atoms with Crippen molar-refractivity contribution in [1.29, 1.82) is 0 Å². The van der Waals surface area contributed by atoms with Crippen LogP contribution in [0.2, 0.25) is 0 Å². The zero-order valence-electron chi connectivity index (χ0n) is 9.78. The number of hydrogen-bond acceptors (Lipinski definition) is 3. The molecule has 0 aromatic carbocycles. The Labute approximate surface area is 97.0 Å². The Hall–Kier alpha value is -0.830. The van der Waals surface area contributed by atoms with E-state index in [1.54, 1.807) is 0 Å². The topological polar surface area (TPSA) is 52.3 Å². The van der Waals surface area contributed by atoms with Crippen LogP contribution in [0, 0.1) is 11.8 Å². The molecule has 2 rings (SSSR count). The minimum absolute atomic E-state index is 0.114. The van der Waals surface area contributed by atoms with Gasteiger partial charge in [-0.3, -0.25) is 4.79 Å². The molecule has 16 heavy (non-hydrogen) atoms. The summed E-state index contributed by atoms with van der Waals surface area (Å²) in [6, 6.07) is 0. The fourth-order valence-corrected chi connectivity index (χ4v) is 2.75. The van der Waals surface area contributed by atoms with Gasteiger partial charge in [-0.1, -0.05) is 12.8 Å². The number of hydrogen-bond donors (Lipinski definition) is 1. The Bertz CT molecular complexity index is 286. The highest BCUT2D eigenvalue weighted by molar-refractivity contribution is 5.95. The van der Waals surface area contributed by atoms with E-state index in [0.717, 1.165) is 32.1 Å². The van der Waals surface area contributed by atoms with Gasteiger partial charge in [0.05, 0.1) is 6.61 Å². The second-order valence-electron chi connectivity index (χ2n) is 4.81. The van der Waals surface area contributed by atoms with Gasteiger partial charge in [0.1, 0.15) is 0 Å². The number of allylic oxidation sites excluding steroid dienone is 2. The molecular weight excluding hydrogens is 202 g/mol. The van der Waals surface area contributed by atoms with Crippen molar-refractivity contribution in [2.24, 2.45) is 17.6 Å². The van der Waals surface area contributed by atoms with Gasteiger partial charge in [-0.15, -0.1) is 0 Å². The predicted molar refractivity (Wildman–Crippen MR) is 62.8 cm³/mol. The summed E-state index contributed by atoms with van der Waals surface area (Å²) >= 11 is 0. The predicted octanol–water partition coefficient (Wildman–Crippen LogP) is 2.01. The highest BCUT2D eigenvalue weighted by atomic mass is 16.5. The van der Waals surface area contributed by atoms with Crippen molar-refractivity contribution in [2.45, 2.75) is 38.5 Å². The van der Waals surface area contributed by atoms with E-state index in [1.165, 1.54) is 6.42 Å². The second-order valence-corrected chi connectivity index (χ2v) is 4.81. The van der Waals surface area contributed by atoms with E-state index in [-0.39, 0.29) is 11.7 Å². The Morgan fingerprint density at radius 2 is 2.19 bits per heavy atom. The van der Waals surface area contributed by atoms with Crippen LogP contribution in [-0.2, 0) is 9.53 Å². The summed E-state index contributed by atoms with van der Waals surface area (Å²) in [5.41, 5.74) is 5.75. The maximum Gasteiger partial charge on any atom is 0.200 e. The number of ketones is 1. The number of Topliss-reactive ketones (excluding diaryl/α,β-unsaturated/α-hetero) is 1. The van der Waals surface area contributed by atoms with Crippen LogP contribution in [0.3, 0.4) is 0 Å². The van der Waals surface area contributed by atoms with E-state index < -0.39 is 0 Å². The lowest BCUT2D eigenvalue weighted by Gasteiger charge is -2.30. The van der Waals surface area contributed by atoms with Crippen LogP contribution in [0.5, 0.6) is 0 Å². The molecule has 0 amide bonds. The average molecular weight is 223 g/mol. The van der Waals surface area contributed by atoms with Gasteiger partial charge in [-0.05, 0) is 44.2 Å². The molecule has 2 N–H and O–H groups in total. The first-order valence-corrected chi connectivity index (χ1v) is 6.40. The van der Waals surface area contributed by atoms with Gasteiger partial charge in [0.15, 0.2) is 11.5 Å². The monoisotopic (exact) mass is 223 g/mol. The van der Waals surface area contributed by atoms with Gasteiger partial charge >= 0.3 is 0 Å². The Morgan fingerprint density at radius 3 is 2.88 bits per heavy atom. The third kappa shape index (κ3) is 2.46. The molecule has 90 valence electrons. The first kappa shape index (κ1) is 11.6. The summed E-state index contributed by atoms with van der Waals surface area (Å²) in [5, 5.41) is 0. The Balaban J connectivity index is 2.04. The van der Waals surface area contributed by atoms with Crippen LogP contribution in [-0.4, -0.2) is 18.9 Å². The zero-order chi connectivity index (χ0) is 11.4. The van der Waals surface area contributed by atoms with Crippen LogP contribution in [0.4, 0.5) is 0 Å². The molecule has 1 fully saturated rings. The Morgan fingerprint density at radius 1 is 1.38 bits per heavy atom. The maximum atomic E-state index is 12.3. The van der Waals surface area contributed by atoms with E-state index in [9.17, 15) is 4.79 Å².